The van der Waals surface area contributed by atoms with Gasteiger partial charge in [0.15, 0.2) is 0 Å². The summed E-state index contributed by atoms with van der Waals surface area (Å²) in [6, 6.07) is 10.5. The molecule has 1 aromatic heterocycles. The standard InChI is InChI=1S/C27H35FN2O2S/c1-27(14-6-3-7-15-27)26(32)30-16-12-20(13-17-30)23(19-21-9-4-5-10-22(21)28)29(2)25(31)24-11-8-18-33-24/h4-5,8-11,18,20,23H,3,6-7,12-17,19H2,1-2H3/t23-/m1/s1. The summed E-state index contributed by atoms with van der Waals surface area (Å²) in [5.41, 5.74) is 0.422. The molecule has 1 saturated heterocycles. The van der Waals surface area contributed by atoms with E-state index in [1.54, 1.807) is 6.07 Å². The van der Waals surface area contributed by atoms with Crippen LogP contribution in [0, 0.1) is 17.2 Å². The number of hydrogen-bond acceptors (Lipinski definition) is 3. The van der Waals surface area contributed by atoms with Gasteiger partial charge in [0, 0.05) is 31.6 Å². The lowest BCUT2D eigenvalue weighted by Crippen LogP contribution is -2.51. The van der Waals surface area contributed by atoms with Crippen molar-refractivity contribution >= 4 is 23.2 Å². The molecule has 0 spiro atoms. The zero-order valence-corrected chi connectivity index (χ0v) is 20.6. The van der Waals surface area contributed by atoms with Gasteiger partial charge in [-0.3, -0.25) is 9.59 Å². The van der Waals surface area contributed by atoms with Gasteiger partial charge in [-0.25, -0.2) is 4.39 Å². The minimum absolute atomic E-state index is 0.0143. The first-order chi connectivity index (χ1) is 15.9. The van der Waals surface area contributed by atoms with Crippen LogP contribution in [0.5, 0.6) is 0 Å². The van der Waals surface area contributed by atoms with E-state index in [1.807, 2.05) is 46.5 Å². The van der Waals surface area contributed by atoms with Crippen LogP contribution in [0.4, 0.5) is 4.39 Å². The second-order valence-corrected chi connectivity index (χ2v) is 11.0. The van der Waals surface area contributed by atoms with Gasteiger partial charge in [0.25, 0.3) is 5.91 Å². The second-order valence-electron chi connectivity index (χ2n) is 10.0. The molecule has 4 nitrogen and oxygen atoms in total. The summed E-state index contributed by atoms with van der Waals surface area (Å²) in [7, 11) is 1.84. The van der Waals surface area contributed by atoms with E-state index in [0.29, 0.717) is 35.9 Å². The predicted molar refractivity (Wildman–Crippen MR) is 131 cm³/mol. The molecular weight excluding hydrogens is 435 g/mol. The summed E-state index contributed by atoms with van der Waals surface area (Å²) >= 11 is 1.43. The Morgan fingerprint density at radius 2 is 1.82 bits per heavy atom. The Morgan fingerprint density at radius 3 is 2.45 bits per heavy atom. The molecule has 1 saturated carbocycles. The molecule has 2 fully saturated rings. The number of halogens is 1. The molecule has 178 valence electrons. The molecule has 0 radical (unpaired) electrons. The van der Waals surface area contributed by atoms with E-state index in [9.17, 15) is 14.0 Å². The van der Waals surface area contributed by atoms with E-state index in [2.05, 4.69) is 6.92 Å². The lowest BCUT2D eigenvalue weighted by atomic mass is 9.74. The van der Waals surface area contributed by atoms with Crippen LogP contribution < -0.4 is 0 Å². The average molecular weight is 471 g/mol. The van der Waals surface area contributed by atoms with E-state index in [-0.39, 0.29) is 29.1 Å². The Labute approximate surface area is 200 Å². The number of likely N-dealkylation sites (N-methyl/N-ethyl adjacent to an activating group) is 1. The topological polar surface area (TPSA) is 40.6 Å². The van der Waals surface area contributed by atoms with Crippen LogP contribution in [-0.4, -0.2) is 47.8 Å². The van der Waals surface area contributed by atoms with Crippen molar-refractivity contribution in [2.75, 3.05) is 20.1 Å². The van der Waals surface area contributed by atoms with Gasteiger partial charge in [-0.05, 0) is 61.1 Å². The maximum atomic E-state index is 14.5. The molecular formula is C27H35FN2O2S. The third-order valence-electron chi connectivity index (χ3n) is 7.78. The van der Waals surface area contributed by atoms with E-state index < -0.39 is 0 Å². The number of nitrogens with zero attached hydrogens (tertiary/aromatic N) is 2. The summed E-state index contributed by atoms with van der Waals surface area (Å²) in [4.78, 5) is 31.0. The Bertz CT molecular complexity index is 947. The molecule has 0 bridgehead atoms. The summed E-state index contributed by atoms with van der Waals surface area (Å²) in [5.74, 6) is 0.285. The Kier molecular flexibility index (Phi) is 7.52. The van der Waals surface area contributed by atoms with Crippen molar-refractivity contribution < 1.29 is 14.0 Å². The maximum absolute atomic E-state index is 14.5. The van der Waals surface area contributed by atoms with Gasteiger partial charge in [0.1, 0.15) is 5.82 Å². The van der Waals surface area contributed by atoms with Crippen LogP contribution in [0.25, 0.3) is 0 Å². The number of likely N-dealkylation sites (tertiary alicyclic amines) is 1. The molecule has 2 aliphatic rings. The number of carbonyl (C=O) groups is 2. The molecule has 33 heavy (non-hydrogen) atoms. The number of hydrogen-bond donors (Lipinski definition) is 0. The van der Waals surface area contributed by atoms with Crippen molar-refractivity contribution in [3.8, 4) is 0 Å². The van der Waals surface area contributed by atoms with Crippen molar-refractivity contribution in [2.45, 2.75) is 64.3 Å². The number of piperidine rings is 1. The quantitative estimate of drug-likeness (QED) is 0.537. The fourth-order valence-electron chi connectivity index (χ4n) is 5.65. The van der Waals surface area contributed by atoms with Crippen molar-refractivity contribution in [3.05, 3.63) is 58.0 Å². The minimum Gasteiger partial charge on any atom is -0.342 e. The molecule has 1 aromatic carbocycles. The van der Waals surface area contributed by atoms with Crippen LogP contribution in [0.2, 0.25) is 0 Å². The van der Waals surface area contributed by atoms with Gasteiger partial charge < -0.3 is 9.80 Å². The molecule has 0 N–H and O–H groups in total. The molecule has 2 heterocycles. The third-order valence-corrected chi connectivity index (χ3v) is 8.64. The first-order valence-corrected chi connectivity index (χ1v) is 13.1. The zero-order chi connectivity index (χ0) is 23.4. The van der Waals surface area contributed by atoms with Gasteiger partial charge in [0.2, 0.25) is 5.91 Å². The van der Waals surface area contributed by atoms with Crippen molar-refractivity contribution in [2.24, 2.45) is 11.3 Å². The maximum Gasteiger partial charge on any atom is 0.263 e. The Hall–Kier alpha value is -2.21. The fraction of sp³-hybridized carbons (Fsp3) is 0.556. The number of amides is 2. The molecule has 2 aromatic rings. The normalized spacial score (nSPS) is 19.8. The molecule has 1 aliphatic heterocycles. The molecule has 6 heteroatoms. The second kappa shape index (κ2) is 10.4. The van der Waals surface area contributed by atoms with Crippen LogP contribution in [0.3, 0.4) is 0 Å². The van der Waals surface area contributed by atoms with Gasteiger partial charge in [-0.1, -0.05) is 50.5 Å². The predicted octanol–water partition coefficient (Wildman–Crippen LogP) is 5.78. The van der Waals surface area contributed by atoms with Crippen molar-refractivity contribution in [1.82, 2.24) is 9.80 Å². The third kappa shape index (κ3) is 5.32. The van der Waals surface area contributed by atoms with Gasteiger partial charge in [-0.15, -0.1) is 11.3 Å². The monoisotopic (exact) mass is 470 g/mol. The first-order valence-electron chi connectivity index (χ1n) is 12.2. The number of rotatable bonds is 6. The number of carbonyl (C=O) groups excluding carboxylic acids is 2. The van der Waals surface area contributed by atoms with Crippen molar-refractivity contribution in [1.29, 1.82) is 0 Å². The molecule has 1 atom stereocenters. The lowest BCUT2D eigenvalue weighted by molar-refractivity contribution is -0.144. The van der Waals surface area contributed by atoms with Crippen LogP contribution >= 0.6 is 11.3 Å². The van der Waals surface area contributed by atoms with Crippen LogP contribution in [-0.2, 0) is 11.2 Å². The molecule has 2 amide bonds. The van der Waals surface area contributed by atoms with Gasteiger partial charge >= 0.3 is 0 Å². The number of benzene rings is 1. The van der Waals surface area contributed by atoms with Crippen LogP contribution in [0.15, 0.2) is 41.8 Å². The average Bonchev–Trinajstić information content (AvgIpc) is 3.38. The smallest absolute Gasteiger partial charge is 0.263 e. The van der Waals surface area contributed by atoms with Gasteiger partial charge in [0.05, 0.1) is 4.88 Å². The largest absolute Gasteiger partial charge is 0.342 e. The van der Waals surface area contributed by atoms with E-state index >= 15 is 0 Å². The number of thiophene rings is 1. The minimum atomic E-state index is -0.225. The molecule has 4 rings (SSSR count). The SMILES string of the molecule is CN(C(=O)c1cccs1)[C@H](Cc1ccccc1F)C1CCN(C(=O)C2(C)CCCCC2)CC1. The summed E-state index contributed by atoms with van der Waals surface area (Å²) in [5, 5.41) is 1.91. The molecule has 1 aliphatic carbocycles. The lowest BCUT2D eigenvalue weighted by Gasteiger charge is -2.43. The summed E-state index contributed by atoms with van der Waals surface area (Å²) < 4.78 is 14.5. The first kappa shape index (κ1) is 23.9. The molecule has 0 unspecified atom stereocenters. The summed E-state index contributed by atoms with van der Waals surface area (Å²) in [6.45, 7) is 3.57. The highest BCUT2D eigenvalue weighted by Crippen LogP contribution is 2.39. The Balaban J connectivity index is 1.48. The zero-order valence-electron chi connectivity index (χ0n) is 19.8. The van der Waals surface area contributed by atoms with Crippen LogP contribution in [0.1, 0.15) is 67.1 Å². The van der Waals surface area contributed by atoms with Gasteiger partial charge in [-0.2, -0.15) is 0 Å². The van der Waals surface area contributed by atoms with E-state index in [0.717, 1.165) is 38.5 Å². The van der Waals surface area contributed by atoms with Crippen molar-refractivity contribution in [3.63, 3.8) is 0 Å². The Morgan fingerprint density at radius 1 is 1.12 bits per heavy atom. The van der Waals surface area contributed by atoms with E-state index in [4.69, 9.17) is 0 Å². The highest BCUT2D eigenvalue weighted by atomic mass is 32.1. The highest BCUT2D eigenvalue weighted by molar-refractivity contribution is 7.12. The van der Waals surface area contributed by atoms with E-state index in [1.165, 1.54) is 23.8 Å². The summed E-state index contributed by atoms with van der Waals surface area (Å²) in [6.07, 6.45) is 7.63. The fourth-order valence-corrected chi connectivity index (χ4v) is 6.35. The highest BCUT2D eigenvalue weighted by Gasteiger charge is 2.40.